The lowest BCUT2D eigenvalue weighted by molar-refractivity contribution is 0.0966. The van der Waals surface area contributed by atoms with Crippen LogP contribution in [0.2, 0.25) is 0 Å². The van der Waals surface area contributed by atoms with Crippen molar-refractivity contribution < 1.29 is 9.53 Å². The molecular formula is C15H21N5O2. The Hall–Kier alpha value is -2.44. The van der Waals surface area contributed by atoms with Crippen molar-refractivity contribution in [2.24, 2.45) is 12.8 Å². The molecule has 2 heterocycles. The highest BCUT2D eigenvalue weighted by atomic mass is 16.6. The van der Waals surface area contributed by atoms with E-state index in [0.717, 1.165) is 41.9 Å². The maximum atomic E-state index is 11.0. The number of anilines is 2. The van der Waals surface area contributed by atoms with E-state index >= 15 is 0 Å². The molecular weight excluding hydrogens is 282 g/mol. The summed E-state index contributed by atoms with van der Waals surface area (Å²) in [5.41, 5.74) is 14.9. The number of nitrogens with two attached hydrogens (primary N) is 2. The molecule has 0 radical (unpaired) electrons. The van der Waals surface area contributed by atoms with Crippen LogP contribution in [0.5, 0.6) is 0 Å². The van der Waals surface area contributed by atoms with Crippen LogP contribution in [0, 0.1) is 6.92 Å². The third kappa shape index (κ3) is 2.43. The van der Waals surface area contributed by atoms with Crippen molar-refractivity contribution in [1.82, 2.24) is 9.55 Å². The summed E-state index contributed by atoms with van der Waals surface area (Å²) >= 11 is 0. The molecule has 1 amide bonds. The van der Waals surface area contributed by atoms with E-state index in [-0.39, 0.29) is 6.10 Å². The Bertz CT molecular complexity index is 724. The van der Waals surface area contributed by atoms with Gasteiger partial charge in [0, 0.05) is 13.6 Å². The topological polar surface area (TPSA) is 99.4 Å². The molecule has 0 bridgehead atoms. The Morgan fingerprint density at radius 3 is 2.95 bits per heavy atom. The van der Waals surface area contributed by atoms with E-state index in [1.807, 2.05) is 30.7 Å². The normalized spacial score (nSPS) is 18.6. The predicted molar refractivity (Wildman–Crippen MR) is 85.8 cm³/mol. The number of primary amides is 1. The van der Waals surface area contributed by atoms with Crippen LogP contribution in [0.3, 0.4) is 0 Å². The second kappa shape index (κ2) is 5.40. The summed E-state index contributed by atoms with van der Waals surface area (Å²) in [7, 11) is 1.99. The van der Waals surface area contributed by atoms with Gasteiger partial charge in [0.05, 0.1) is 23.4 Å². The Morgan fingerprint density at radius 2 is 2.23 bits per heavy atom. The van der Waals surface area contributed by atoms with Gasteiger partial charge in [-0.25, -0.2) is 9.78 Å². The number of carbonyl (C=O) groups excluding carboxylic acids is 1. The number of fused-ring (bicyclic) bond motifs is 1. The lowest BCUT2D eigenvalue weighted by Crippen LogP contribution is -2.41. The van der Waals surface area contributed by atoms with Gasteiger partial charge in [-0.05, 0) is 31.9 Å². The number of rotatable bonds is 2. The van der Waals surface area contributed by atoms with Crippen molar-refractivity contribution in [2.45, 2.75) is 25.9 Å². The van der Waals surface area contributed by atoms with Crippen molar-refractivity contribution in [3.63, 3.8) is 0 Å². The fraction of sp³-hybridized carbons (Fsp3) is 0.467. The van der Waals surface area contributed by atoms with Gasteiger partial charge in [0.2, 0.25) is 0 Å². The Kier molecular flexibility index (Phi) is 3.56. The van der Waals surface area contributed by atoms with Crippen molar-refractivity contribution in [2.75, 3.05) is 23.7 Å². The summed E-state index contributed by atoms with van der Waals surface area (Å²) in [5.74, 6) is 0.934. The predicted octanol–water partition coefficient (Wildman–Crippen LogP) is 1.53. The molecule has 1 fully saturated rings. The fourth-order valence-electron chi connectivity index (χ4n) is 3.11. The first-order valence-electron chi connectivity index (χ1n) is 7.40. The number of imidazole rings is 1. The highest BCUT2D eigenvalue weighted by Crippen LogP contribution is 2.34. The van der Waals surface area contributed by atoms with E-state index in [1.54, 1.807) is 0 Å². The number of benzene rings is 1. The number of carbonyl (C=O) groups is 1. The molecule has 0 spiro atoms. The van der Waals surface area contributed by atoms with E-state index in [0.29, 0.717) is 12.2 Å². The summed E-state index contributed by atoms with van der Waals surface area (Å²) in [6.45, 7) is 3.41. The van der Waals surface area contributed by atoms with Gasteiger partial charge < -0.3 is 25.7 Å². The second-order valence-corrected chi connectivity index (χ2v) is 5.74. The largest absolute Gasteiger partial charge is 0.445 e. The summed E-state index contributed by atoms with van der Waals surface area (Å²) < 4.78 is 7.20. The molecule has 118 valence electrons. The van der Waals surface area contributed by atoms with Gasteiger partial charge in [-0.1, -0.05) is 0 Å². The van der Waals surface area contributed by atoms with Crippen LogP contribution in [0.25, 0.3) is 11.0 Å². The SMILES string of the molecule is Cc1nc2c(N3CCCC(OC(N)=O)C3)c(N)ccc2n1C. The van der Waals surface area contributed by atoms with Crippen LogP contribution in [0.1, 0.15) is 18.7 Å². The zero-order valence-corrected chi connectivity index (χ0v) is 12.9. The smallest absolute Gasteiger partial charge is 0.404 e. The number of nitrogens with zero attached hydrogens (tertiary/aromatic N) is 3. The van der Waals surface area contributed by atoms with E-state index in [9.17, 15) is 4.79 Å². The lowest BCUT2D eigenvalue weighted by atomic mass is 10.1. The molecule has 7 nitrogen and oxygen atoms in total. The van der Waals surface area contributed by atoms with Gasteiger partial charge in [0.25, 0.3) is 0 Å². The van der Waals surface area contributed by atoms with Gasteiger partial charge in [-0.3, -0.25) is 0 Å². The zero-order valence-electron chi connectivity index (χ0n) is 12.9. The molecule has 2 aromatic rings. The molecule has 0 aliphatic carbocycles. The minimum Gasteiger partial charge on any atom is -0.445 e. The first-order valence-corrected chi connectivity index (χ1v) is 7.40. The first kappa shape index (κ1) is 14.5. The van der Waals surface area contributed by atoms with Crippen molar-refractivity contribution in [1.29, 1.82) is 0 Å². The van der Waals surface area contributed by atoms with Crippen LogP contribution in [0.4, 0.5) is 16.2 Å². The van der Waals surface area contributed by atoms with E-state index < -0.39 is 6.09 Å². The first-order chi connectivity index (χ1) is 10.5. The molecule has 3 rings (SSSR count). The summed E-state index contributed by atoms with van der Waals surface area (Å²) in [4.78, 5) is 17.8. The number of aromatic nitrogens is 2. The molecule has 1 aliphatic heterocycles. The van der Waals surface area contributed by atoms with Crippen LogP contribution < -0.4 is 16.4 Å². The summed E-state index contributed by atoms with van der Waals surface area (Å²) in [6.07, 6.45) is 0.799. The van der Waals surface area contributed by atoms with E-state index in [4.69, 9.17) is 16.2 Å². The number of nitrogen functional groups attached to an aromatic ring is 1. The molecule has 1 saturated heterocycles. The molecule has 1 aromatic carbocycles. The number of amides is 1. The monoisotopic (exact) mass is 303 g/mol. The van der Waals surface area contributed by atoms with Crippen molar-refractivity contribution in [3.8, 4) is 0 Å². The van der Waals surface area contributed by atoms with E-state index in [2.05, 4.69) is 9.88 Å². The van der Waals surface area contributed by atoms with E-state index in [1.165, 1.54) is 0 Å². The van der Waals surface area contributed by atoms with Crippen molar-refractivity contribution >= 4 is 28.5 Å². The molecule has 1 atom stereocenters. The molecule has 4 N–H and O–H groups in total. The molecule has 1 aromatic heterocycles. The molecule has 1 unspecified atom stereocenters. The highest BCUT2D eigenvalue weighted by Gasteiger charge is 2.26. The Morgan fingerprint density at radius 1 is 1.45 bits per heavy atom. The third-order valence-corrected chi connectivity index (χ3v) is 4.26. The van der Waals surface area contributed by atoms with Crippen LogP contribution in [-0.4, -0.2) is 34.8 Å². The van der Waals surface area contributed by atoms with Gasteiger partial charge in [-0.2, -0.15) is 0 Å². The zero-order chi connectivity index (χ0) is 15.9. The number of hydrogen-bond acceptors (Lipinski definition) is 5. The fourth-order valence-corrected chi connectivity index (χ4v) is 3.11. The van der Waals surface area contributed by atoms with Crippen LogP contribution >= 0.6 is 0 Å². The maximum Gasteiger partial charge on any atom is 0.404 e. The molecule has 7 heteroatoms. The Balaban J connectivity index is 2.00. The van der Waals surface area contributed by atoms with Crippen molar-refractivity contribution in [3.05, 3.63) is 18.0 Å². The minimum absolute atomic E-state index is 0.203. The average Bonchev–Trinajstić information content (AvgIpc) is 2.73. The lowest BCUT2D eigenvalue weighted by Gasteiger charge is -2.34. The maximum absolute atomic E-state index is 11.0. The highest BCUT2D eigenvalue weighted by molar-refractivity contribution is 5.96. The quantitative estimate of drug-likeness (QED) is 0.820. The molecule has 0 saturated carbocycles. The van der Waals surface area contributed by atoms with Gasteiger partial charge in [-0.15, -0.1) is 0 Å². The van der Waals surface area contributed by atoms with Gasteiger partial charge in [0.1, 0.15) is 17.4 Å². The number of aryl methyl sites for hydroxylation is 2. The number of ether oxygens (including phenoxy) is 1. The third-order valence-electron chi connectivity index (χ3n) is 4.26. The van der Waals surface area contributed by atoms with Crippen LogP contribution in [0.15, 0.2) is 12.1 Å². The standard InChI is InChI=1S/C15H21N5O2/c1-9-18-13-12(19(9)2)6-5-11(16)14(13)20-7-3-4-10(8-20)22-15(17)21/h5-6,10H,3-4,7-8,16H2,1-2H3,(H2,17,21). The molecule has 22 heavy (non-hydrogen) atoms. The molecule has 1 aliphatic rings. The van der Waals surface area contributed by atoms with Crippen LogP contribution in [-0.2, 0) is 11.8 Å². The second-order valence-electron chi connectivity index (χ2n) is 5.74. The summed E-state index contributed by atoms with van der Waals surface area (Å²) in [6, 6.07) is 3.88. The Labute approximate surface area is 128 Å². The average molecular weight is 303 g/mol. The number of piperidine rings is 1. The minimum atomic E-state index is -0.730. The number of hydrogen-bond donors (Lipinski definition) is 2. The summed E-state index contributed by atoms with van der Waals surface area (Å²) in [5, 5.41) is 0. The van der Waals surface area contributed by atoms with Gasteiger partial charge >= 0.3 is 6.09 Å². The van der Waals surface area contributed by atoms with Gasteiger partial charge in [0.15, 0.2) is 0 Å².